The molecule has 3 rings (SSSR count). The molecule has 25 heavy (non-hydrogen) atoms. The molecule has 0 atom stereocenters. The van der Waals surface area contributed by atoms with E-state index in [0.717, 1.165) is 32.7 Å². The first-order chi connectivity index (χ1) is 12.0. The molecule has 0 aliphatic rings. The molecule has 1 heterocycles. The third kappa shape index (κ3) is 4.25. The Hall–Kier alpha value is -2.66. The fraction of sp³-hybridized carbons (Fsp3) is 0.100. The van der Waals surface area contributed by atoms with Crippen LogP contribution in [0.25, 0.3) is 0 Å². The van der Waals surface area contributed by atoms with E-state index < -0.39 is 0 Å². The van der Waals surface area contributed by atoms with Crippen molar-refractivity contribution < 1.29 is 4.79 Å². The van der Waals surface area contributed by atoms with Gasteiger partial charge in [0.1, 0.15) is 0 Å². The largest absolute Gasteiger partial charge is 0.354 e. The Morgan fingerprint density at radius 2 is 1.68 bits per heavy atom. The van der Waals surface area contributed by atoms with Crippen LogP contribution in [0, 0.1) is 13.8 Å². The summed E-state index contributed by atoms with van der Waals surface area (Å²) in [6.07, 6.45) is 3.26. The van der Waals surface area contributed by atoms with E-state index in [1.165, 1.54) is 0 Å². The van der Waals surface area contributed by atoms with Crippen molar-refractivity contribution in [2.75, 3.05) is 10.6 Å². The Morgan fingerprint density at radius 3 is 2.40 bits per heavy atom. The average molecular weight is 396 g/mol. The third-order valence-corrected chi connectivity index (χ3v) is 4.33. The smallest absolute Gasteiger partial charge is 0.257 e. The first-order valence-corrected chi connectivity index (χ1v) is 8.67. The van der Waals surface area contributed by atoms with Gasteiger partial charge in [-0.1, -0.05) is 40.2 Å². The van der Waals surface area contributed by atoms with Crippen molar-refractivity contribution in [3.05, 3.63) is 82.1 Å². The van der Waals surface area contributed by atoms with Crippen LogP contribution in [0.3, 0.4) is 0 Å². The highest BCUT2D eigenvalue weighted by molar-refractivity contribution is 9.10. The number of amides is 1. The van der Waals surface area contributed by atoms with Crippen molar-refractivity contribution in [3.8, 4) is 0 Å². The molecular weight excluding hydrogens is 378 g/mol. The summed E-state index contributed by atoms with van der Waals surface area (Å²) in [7, 11) is 0. The third-order valence-electron chi connectivity index (χ3n) is 3.83. The summed E-state index contributed by atoms with van der Waals surface area (Å²) < 4.78 is 0.981. The molecule has 3 aromatic rings. The number of carbonyl (C=O) groups is 1. The van der Waals surface area contributed by atoms with Crippen LogP contribution in [0.1, 0.15) is 21.5 Å². The van der Waals surface area contributed by atoms with Crippen LogP contribution < -0.4 is 10.6 Å². The summed E-state index contributed by atoms with van der Waals surface area (Å²) in [5, 5.41) is 6.23. The molecule has 5 heteroatoms. The molecule has 0 aliphatic heterocycles. The monoisotopic (exact) mass is 395 g/mol. The van der Waals surface area contributed by atoms with Gasteiger partial charge in [0.05, 0.1) is 17.4 Å². The SMILES string of the molecule is Cc1cccc(C)c1NC(=O)c1cncc(Nc2cccc(Br)c2)c1. The van der Waals surface area contributed by atoms with Gasteiger partial charge < -0.3 is 10.6 Å². The van der Waals surface area contributed by atoms with Crippen molar-refractivity contribution in [1.29, 1.82) is 0 Å². The van der Waals surface area contributed by atoms with Crippen molar-refractivity contribution in [3.63, 3.8) is 0 Å². The summed E-state index contributed by atoms with van der Waals surface area (Å²) in [4.78, 5) is 16.8. The summed E-state index contributed by atoms with van der Waals surface area (Å²) in [5.41, 5.74) is 5.09. The number of halogens is 1. The number of rotatable bonds is 4. The summed E-state index contributed by atoms with van der Waals surface area (Å²) >= 11 is 3.44. The molecule has 0 saturated heterocycles. The highest BCUT2D eigenvalue weighted by Crippen LogP contribution is 2.22. The fourth-order valence-corrected chi connectivity index (χ4v) is 2.96. The summed E-state index contributed by atoms with van der Waals surface area (Å²) in [5.74, 6) is -0.178. The second-order valence-corrected chi connectivity index (χ2v) is 6.73. The molecule has 126 valence electrons. The van der Waals surface area contributed by atoms with Crippen molar-refractivity contribution in [2.24, 2.45) is 0 Å². The van der Waals surface area contributed by atoms with Gasteiger partial charge in [-0.3, -0.25) is 9.78 Å². The van der Waals surface area contributed by atoms with E-state index in [2.05, 4.69) is 31.5 Å². The molecule has 0 aliphatic carbocycles. The first-order valence-electron chi connectivity index (χ1n) is 7.88. The molecule has 0 saturated carbocycles. The van der Waals surface area contributed by atoms with Gasteiger partial charge in [0.25, 0.3) is 5.91 Å². The Morgan fingerprint density at radius 1 is 0.960 bits per heavy atom. The van der Waals surface area contributed by atoms with Gasteiger partial charge in [0, 0.05) is 22.0 Å². The number of carbonyl (C=O) groups excluding carboxylic acids is 1. The number of nitrogens with zero attached hydrogens (tertiary/aromatic N) is 1. The maximum absolute atomic E-state index is 12.6. The Bertz CT molecular complexity index is 904. The zero-order valence-electron chi connectivity index (χ0n) is 14.0. The second-order valence-electron chi connectivity index (χ2n) is 5.82. The minimum absolute atomic E-state index is 0.178. The van der Waals surface area contributed by atoms with Crippen LogP contribution in [0.15, 0.2) is 65.4 Å². The molecule has 0 bridgehead atoms. The zero-order chi connectivity index (χ0) is 17.8. The van der Waals surface area contributed by atoms with Crippen molar-refractivity contribution >= 4 is 38.9 Å². The topological polar surface area (TPSA) is 54.0 Å². The zero-order valence-corrected chi connectivity index (χ0v) is 15.6. The number of anilines is 3. The van der Waals surface area contributed by atoms with Gasteiger partial charge in [0.2, 0.25) is 0 Å². The standard InChI is InChI=1S/C20H18BrN3O/c1-13-5-3-6-14(2)19(13)24-20(25)15-9-18(12-22-11-15)23-17-8-4-7-16(21)10-17/h3-12,23H,1-2H3,(H,24,25). The van der Waals surface area contributed by atoms with E-state index in [1.807, 2.05) is 56.3 Å². The minimum Gasteiger partial charge on any atom is -0.354 e. The van der Waals surface area contributed by atoms with Gasteiger partial charge in [-0.2, -0.15) is 0 Å². The molecule has 0 fully saturated rings. The highest BCUT2D eigenvalue weighted by atomic mass is 79.9. The predicted octanol–water partition coefficient (Wildman–Crippen LogP) is 5.46. The lowest BCUT2D eigenvalue weighted by Crippen LogP contribution is -2.14. The predicted molar refractivity (Wildman–Crippen MR) is 106 cm³/mol. The van der Waals surface area contributed by atoms with E-state index in [4.69, 9.17) is 0 Å². The van der Waals surface area contributed by atoms with Crippen LogP contribution in [0.4, 0.5) is 17.1 Å². The fourth-order valence-electron chi connectivity index (χ4n) is 2.56. The van der Waals surface area contributed by atoms with Crippen molar-refractivity contribution in [2.45, 2.75) is 13.8 Å². The number of nitrogens with one attached hydrogen (secondary N) is 2. The highest BCUT2D eigenvalue weighted by Gasteiger charge is 2.11. The Labute approximate surface area is 155 Å². The van der Waals surface area contributed by atoms with E-state index in [0.29, 0.717) is 5.56 Å². The van der Waals surface area contributed by atoms with Crippen LogP contribution in [-0.2, 0) is 0 Å². The molecule has 2 aromatic carbocycles. The number of hydrogen-bond donors (Lipinski definition) is 2. The van der Waals surface area contributed by atoms with E-state index in [-0.39, 0.29) is 5.91 Å². The van der Waals surface area contributed by atoms with E-state index >= 15 is 0 Å². The lowest BCUT2D eigenvalue weighted by molar-refractivity contribution is 0.102. The summed E-state index contributed by atoms with van der Waals surface area (Å²) in [6.45, 7) is 3.96. The summed E-state index contributed by atoms with van der Waals surface area (Å²) in [6, 6.07) is 15.5. The maximum Gasteiger partial charge on any atom is 0.257 e. The molecule has 1 aromatic heterocycles. The van der Waals surface area contributed by atoms with Crippen LogP contribution in [-0.4, -0.2) is 10.9 Å². The number of aryl methyl sites for hydroxylation is 2. The number of para-hydroxylation sites is 1. The average Bonchev–Trinajstić information content (AvgIpc) is 2.58. The Kier molecular flexibility index (Phi) is 5.14. The molecule has 1 amide bonds. The maximum atomic E-state index is 12.6. The minimum atomic E-state index is -0.178. The van der Waals surface area contributed by atoms with Crippen LogP contribution in [0.2, 0.25) is 0 Å². The number of hydrogen-bond acceptors (Lipinski definition) is 3. The van der Waals surface area contributed by atoms with E-state index in [9.17, 15) is 4.79 Å². The van der Waals surface area contributed by atoms with Crippen molar-refractivity contribution in [1.82, 2.24) is 4.98 Å². The van der Waals surface area contributed by atoms with Gasteiger partial charge in [-0.15, -0.1) is 0 Å². The normalized spacial score (nSPS) is 10.4. The molecular formula is C20H18BrN3O. The van der Waals surface area contributed by atoms with Gasteiger partial charge in [-0.25, -0.2) is 0 Å². The second kappa shape index (κ2) is 7.49. The van der Waals surface area contributed by atoms with Gasteiger partial charge >= 0.3 is 0 Å². The lowest BCUT2D eigenvalue weighted by Gasteiger charge is -2.12. The van der Waals surface area contributed by atoms with E-state index in [1.54, 1.807) is 18.5 Å². The number of aromatic nitrogens is 1. The molecule has 2 N–H and O–H groups in total. The van der Waals surface area contributed by atoms with Crippen LogP contribution >= 0.6 is 15.9 Å². The quantitative estimate of drug-likeness (QED) is 0.616. The number of pyridine rings is 1. The molecule has 4 nitrogen and oxygen atoms in total. The Balaban J connectivity index is 1.80. The molecule has 0 spiro atoms. The van der Waals surface area contributed by atoms with Gasteiger partial charge in [0.15, 0.2) is 0 Å². The molecule has 0 unspecified atom stereocenters. The number of benzene rings is 2. The molecule has 0 radical (unpaired) electrons. The lowest BCUT2D eigenvalue weighted by atomic mass is 10.1. The van der Waals surface area contributed by atoms with Gasteiger partial charge in [-0.05, 0) is 49.2 Å². The first kappa shape index (κ1) is 17.2. The van der Waals surface area contributed by atoms with Crippen LogP contribution in [0.5, 0.6) is 0 Å².